The van der Waals surface area contributed by atoms with Gasteiger partial charge < -0.3 is 15.2 Å². The van der Waals surface area contributed by atoms with E-state index in [-0.39, 0.29) is 12.3 Å². The van der Waals surface area contributed by atoms with Crippen LogP contribution in [0.5, 0.6) is 0 Å². The van der Waals surface area contributed by atoms with Crippen LogP contribution in [0.15, 0.2) is 17.5 Å². The van der Waals surface area contributed by atoms with E-state index in [9.17, 15) is 14.7 Å². The monoisotopic (exact) mass is 331 g/mol. The van der Waals surface area contributed by atoms with Crippen LogP contribution in [-0.4, -0.2) is 16.9 Å². The van der Waals surface area contributed by atoms with Crippen LogP contribution in [0, 0.1) is 20.8 Å². The number of carbonyl (C=O) groups excluding carboxylic acids is 2. The van der Waals surface area contributed by atoms with E-state index in [1.54, 1.807) is 12.3 Å². The zero-order valence-corrected chi connectivity index (χ0v) is 14.4. The standard InChI is InChI=1S/C17H20N2O3S/c1-9-5-10(2)15(11(3)6-9)19-16(22)12(4)17-18-13(8-23-17)7-14(20)21/h5-6,8,12H,7H2,1-4H3,(H,19,22)(H,20,21)/p-1/t12-/m1/s1. The normalized spacial score (nSPS) is 12.0. The number of aromatic nitrogens is 1. The number of hydrogen-bond donors (Lipinski definition) is 1. The fraction of sp³-hybridized carbons (Fsp3) is 0.353. The van der Waals surface area contributed by atoms with Crippen molar-refractivity contribution in [3.05, 3.63) is 44.9 Å². The lowest BCUT2D eigenvalue weighted by molar-refractivity contribution is -0.304. The van der Waals surface area contributed by atoms with E-state index in [0.717, 1.165) is 22.4 Å². The molecule has 1 amide bonds. The summed E-state index contributed by atoms with van der Waals surface area (Å²) in [6.07, 6.45) is -0.235. The van der Waals surface area contributed by atoms with Gasteiger partial charge in [0, 0.05) is 23.5 Å². The van der Waals surface area contributed by atoms with E-state index in [1.807, 2.05) is 32.9 Å². The van der Waals surface area contributed by atoms with Crippen LogP contribution in [0.1, 0.15) is 40.2 Å². The van der Waals surface area contributed by atoms with Crippen LogP contribution in [0.25, 0.3) is 0 Å². The average molecular weight is 331 g/mol. The summed E-state index contributed by atoms with van der Waals surface area (Å²) in [5.41, 5.74) is 4.42. The van der Waals surface area contributed by atoms with Gasteiger partial charge in [-0.25, -0.2) is 4.98 Å². The SMILES string of the molecule is Cc1cc(C)c(NC(=O)[C@@H](C)c2nc(CC(=O)[O-])cs2)c(C)c1. The Kier molecular flexibility index (Phi) is 5.15. The smallest absolute Gasteiger partial charge is 0.234 e. The number of hydrogen-bond acceptors (Lipinski definition) is 5. The lowest BCUT2D eigenvalue weighted by Gasteiger charge is -2.15. The maximum Gasteiger partial charge on any atom is 0.234 e. The predicted molar refractivity (Wildman–Crippen MR) is 88.5 cm³/mol. The fourth-order valence-corrected chi connectivity index (χ4v) is 3.35. The number of aryl methyl sites for hydroxylation is 3. The Morgan fingerprint density at radius 2 is 1.87 bits per heavy atom. The molecule has 0 spiro atoms. The first-order valence-corrected chi connectivity index (χ1v) is 8.18. The molecule has 0 bridgehead atoms. The molecule has 6 heteroatoms. The average Bonchev–Trinajstić information content (AvgIpc) is 2.89. The topological polar surface area (TPSA) is 82.1 Å². The molecule has 0 aliphatic heterocycles. The molecule has 2 rings (SSSR count). The van der Waals surface area contributed by atoms with Crippen molar-refractivity contribution in [2.24, 2.45) is 0 Å². The molecule has 122 valence electrons. The molecule has 1 atom stereocenters. The highest BCUT2D eigenvalue weighted by atomic mass is 32.1. The fourth-order valence-electron chi connectivity index (χ4n) is 2.47. The molecule has 0 unspecified atom stereocenters. The Bertz CT molecular complexity index is 729. The summed E-state index contributed by atoms with van der Waals surface area (Å²) in [6.45, 7) is 7.70. The highest BCUT2D eigenvalue weighted by molar-refractivity contribution is 7.09. The molecule has 23 heavy (non-hydrogen) atoms. The molecule has 1 N–H and O–H groups in total. The first-order valence-electron chi connectivity index (χ1n) is 7.30. The predicted octanol–water partition coefficient (Wildman–Crippen LogP) is 2.10. The largest absolute Gasteiger partial charge is 0.550 e. The third kappa shape index (κ3) is 4.16. The number of amides is 1. The second-order valence-corrected chi connectivity index (χ2v) is 6.60. The number of benzene rings is 1. The minimum Gasteiger partial charge on any atom is -0.550 e. The number of carboxylic acids is 1. The van der Waals surface area contributed by atoms with Gasteiger partial charge in [-0.1, -0.05) is 17.7 Å². The minimum absolute atomic E-state index is 0.158. The number of anilines is 1. The van der Waals surface area contributed by atoms with Crippen molar-refractivity contribution >= 4 is 28.9 Å². The van der Waals surface area contributed by atoms with Gasteiger partial charge in [-0.2, -0.15) is 0 Å². The van der Waals surface area contributed by atoms with Gasteiger partial charge in [-0.15, -0.1) is 11.3 Å². The lowest BCUT2D eigenvalue weighted by Crippen LogP contribution is -2.24. The van der Waals surface area contributed by atoms with Gasteiger partial charge in [-0.05, 0) is 38.8 Å². The molecule has 0 saturated heterocycles. The minimum atomic E-state index is -1.18. The van der Waals surface area contributed by atoms with Crippen molar-refractivity contribution in [3.63, 3.8) is 0 Å². The zero-order valence-electron chi connectivity index (χ0n) is 13.6. The number of nitrogens with one attached hydrogen (secondary N) is 1. The van der Waals surface area contributed by atoms with Crippen molar-refractivity contribution in [2.75, 3.05) is 5.32 Å². The molecule has 1 aromatic carbocycles. The Morgan fingerprint density at radius 1 is 1.26 bits per heavy atom. The number of carboxylic acid groups (broad SMARTS) is 1. The van der Waals surface area contributed by atoms with Crippen molar-refractivity contribution in [1.29, 1.82) is 0 Å². The molecule has 2 aromatic rings. The summed E-state index contributed by atoms with van der Waals surface area (Å²) in [6, 6.07) is 4.04. The van der Waals surface area contributed by atoms with E-state index < -0.39 is 11.9 Å². The second-order valence-electron chi connectivity index (χ2n) is 5.71. The quantitative estimate of drug-likeness (QED) is 0.909. The van der Waals surface area contributed by atoms with E-state index >= 15 is 0 Å². The third-order valence-electron chi connectivity index (χ3n) is 3.58. The molecule has 5 nitrogen and oxygen atoms in total. The molecular weight excluding hydrogens is 312 g/mol. The van der Waals surface area contributed by atoms with Crippen LogP contribution < -0.4 is 10.4 Å². The van der Waals surface area contributed by atoms with E-state index in [4.69, 9.17) is 0 Å². The summed E-state index contributed by atoms with van der Waals surface area (Å²) >= 11 is 1.29. The highest BCUT2D eigenvalue weighted by Gasteiger charge is 2.20. The Labute approximate surface area is 139 Å². The number of nitrogens with zero attached hydrogens (tertiary/aromatic N) is 1. The number of aliphatic carboxylic acids is 1. The molecule has 0 radical (unpaired) electrons. The highest BCUT2D eigenvalue weighted by Crippen LogP contribution is 2.26. The van der Waals surface area contributed by atoms with Crippen LogP contribution in [0.2, 0.25) is 0 Å². The second kappa shape index (κ2) is 6.91. The van der Waals surface area contributed by atoms with Crippen LogP contribution in [0.4, 0.5) is 5.69 Å². The van der Waals surface area contributed by atoms with Gasteiger partial charge in [-0.3, -0.25) is 4.79 Å². The van der Waals surface area contributed by atoms with Crippen LogP contribution in [0.3, 0.4) is 0 Å². The van der Waals surface area contributed by atoms with Gasteiger partial charge in [0.25, 0.3) is 0 Å². The zero-order chi connectivity index (χ0) is 17.1. The van der Waals surface area contributed by atoms with Gasteiger partial charge in [0.2, 0.25) is 5.91 Å². The number of carbonyl (C=O) groups is 2. The Balaban J connectivity index is 2.14. The molecular formula is C17H19N2O3S-. The van der Waals surface area contributed by atoms with Crippen molar-refractivity contribution in [1.82, 2.24) is 4.98 Å². The maximum atomic E-state index is 12.5. The summed E-state index contributed by atoms with van der Waals surface area (Å²) < 4.78 is 0. The van der Waals surface area contributed by atoms with Crippen molar-refractivity contribution < 1.29 is 14.7 Å². The molecule has 1 heterocycles. The molecule has 0 aliphatic carbocycles. The summed E-state index contributed by atoms with van der Waals surface area (Å²) in [7, 11) is 0. The molecule has 0 fully saturated rings. The van der Waals surface area contributed by atoms with Gasteiger partial charge in [0.1, 0.15) is 5.01 Å². The van der Waals surface area contributed by atoms with Crippen LogP contribution >= 0.6 is 11.3 Å². The van der Waals surface area contributed by atoms with Gasteiger partial charge >= 0.3 is 0 Å². The molecule has 0 saturated carbocycles. The van der Waals surface area contributed by atoms with E-state index in [2.05, 4.69) is 10.3 Å². The van der Waals surface area contributed by atoms with Gasteiger partial charge in [0.15, 0.2) is 0 Å². The number of rotatable bonds is 5. The Morgan fingerprint density at radius 3 is 2.43 bits per heavy atom. The summed E-state index contributed by atoms with van der Waals surface area (Å²) in [4.78, 5) is 27.3. The Hall–Kier alpha value is -2.21. The first-order chi connectivity index (χ1) is 10.8. The van der Waals surface area contributed by atoms with Crippen molar-refractivity contribution in [2.45, 2.75) is 40.0 Å². The maximum absolute atomic E-state index is 12.5. The summed E-state index contributed by atoms with van der Waals surface area (Å²) in [5, 5.41) is 15.8. The van der Waals surface area contributed by atoms with Gasteiger partial charge in [0.05, 0.1) is 11.6 Å². The van der Waals surface area contributed by atoms with Crippen molar-refractivity contribution in [3.8, 4) is 0 Å². The lowest BCUT2D eigenvalue weighted by atomic mass is 10.0. The number of thiazole rings is 1. The summed E-state index contributed by atoms with van der Waals surface area (Å²) in [5.74, 6) is -1.78. The first kappa shape index (κ1) is 17.1. The molecule has 1 aromatic heterocycles. The van der Waals surface area contributed by atoms with E-state index in [0.29, 0.717) is 10.7 Å². The molecule has 0 aliphatic rings. The van der Waals surface area contributed by atoms with Crippen LogP contribution in [-0.2, 0) is 16.0 Å². The van der Waals surface area contributed by atoms with E-state index in [1.165, 1.54) is 11.3 Å². The third-order valence-corrected chi connectivity index (χ3v) is 4.66.